The molecule has 6 heteroatoms. The van der Waals surface area contributed by atoms with E-state index in [1.165, 1.54) is 17.3 Å². The van der Waals surface area contributed by atoms with Crippen LogP contribution in [0.1, 0.15) is 25.0 Å². The molecule has 0 N–H and O–H groups in total. The molecule has 0 radical (unpaired) electrons. The van der Waals surface area contributed by atoms with Gasteiger partial charge >= 0.3 is 0 Å². The van der Waals surface area contributed by atoms with Gasteiger partial charge in [0.1, 0.15) is 0 Å². The standard InChI is InChI=1S/C21H20Cl2N2OS/c1-13(2)12-25-20(26)18(11-15-5-4-6-17(22)19(15)23)27-21(25)24-16-9-7-14(3)8-10-16/h4-11,13H,12H2,1-3H3/b18-11+,24-21?. The molecule has 3 nitrogen and oxygen atoms in total. The van der Waals surface area contributed by atoms with Crippen molar-refractivity contribution in [2.24, 2.45) is 10.9 Å². The zero-order chi connectivity index (χ0) is 19.6. The van der Waals surface area contributed by atoms with Crippen molar-refractivity contribution in [1.82, 2.24) is 4.90 Å². The number of nitrogens with zero attached hydrogens (tertiary/aromatic N) is 2. The predicted octanol–water partition coefficient (Wildman–Crippen LogP) is 6.56. The Morgan fingerprint density at radius 2 is 1.85 bits per heavy atom. The fourth-order valence-corrected chi connectivity index (χ4v) is 3.98. The Morgan fingerprint density at radius 1 is 1.15 bits per heavy atom. The summed E-state index contributed by atoms with van der Waals surface area (Å²) in [4.78, 5) is 20.0. The maximum atomic E-state index is 13.0. The molecule has 2 aromatic carbocycles. The third-order valence-corrected chi connectivity index (χ3v) is 5.80. The summed E-state index contributed by atoms with van der Waals surface area (Å²) in [5.74, 6) is 0.266. The lowest BCUT2D eigenvalue weighted by molar-refractivity contribution is -0.122. The summed E-state index contributed by atoms with van der Waals surface area (Å²) in [6.45, 7) is 6.80. The van der Waals surface area contributed by atoms with Crippen molar-refractivity contribution in [2.45, 2.75) is 20.8 Å². The number of amidine groups is 1. The monoisotopic (exact) mass is 418 g/mol. The van der Waals surface area contributed by atoms with E-state index in [9.17, 15) is 4.79 Å². The van der Waals surface area contributed by atoms with Crippen molar-refractivity contribution in [3.8, 4) is 0 Å². The van der Waals surface area contributed by atoms with Crippen LogP contribution in [0.3, 0.4) is 0 Å². The van der Waals surface area contributed by atoms with Crippen LogP contribution in [0.15, 0.2) is 52.4 Å². The lowest BCUT2D eigenvalue weighted by Gasteiger charge is -2.17. The summed E-state index contributed by atoms with van der Waals surface area (Å²) in [6, 6.07) is 13.3. The second-order valence-electron chi connectivity index (χ2n) is 6.79. The first kappa shape index (κ1) is 20.0. The van der Waals surface area contributed by atoms with Crippen molar-refractivity contribution >= 4 is 57.8 Å². The third kappa shape index (κ3) is 4.75. The van der Waals surface area contributed by atoms with Crippen LogP contribution in [0.25, 0.3) is 6.08 Å². The molecule has 1 fully saturated rings. The highest BCUT2D eigenvalue weighted by Crippen LogP contribution is 2.36. The van der Waals surface area contributed by atoms with Gasteiger partial charge in [0.2, 0.25) is 0 Å². The number of carbonyl (C=O) groups excluding carboxylic acids is 1. The van der Waals surface area contributed by atoms with E-state index >= 15 is 0 Å². The van der Waals surface area contributed by atoms with Crippen LogP contribution in [0.2, 0.25) is 10.0 Å². The van der Waals surface area contributed by atoms with E-state index < -0.39 is 0 Å². The van der Waals surface area contributed by atoms with E-state index in [-0.39, 0.29) is 5.91 Å². The normalized spacial score (nSPS) is 17.6. The molecule has 140 valence electrons. The van der Waals surface area contributed by atoms with Gasteiger partial charge in [-0.1, -0.05) is 66.9 Å². The van der Waals surface area contributed by atoms with E-state index in [4.69, 9.17) is 28.2 Å². The van der Waals surface area contributed by atoms with Crippen LogP contribution >= 0.6 is 35.0 Å². The predicted molar refractivity (Wildman–Crippen MR) is 117 cm³/mol. The molecule has 0 unspecified atom stereocenters. The molecule has 0 spiro atoms. The van der Waals surface area contributed by atoms with Crippen molar-refractivity contribution in [3.05, 3.63) is 68.5 Å². The van der Waals surface area contributed by atoms with E-state index in [0.717, 1.165) is 11.3 Å². The van der Waals surface area contributed by atoms with Crippen molar-refractivity contribution in [2.75, 3.05) is 6.54 Å². The first-order valence-electron chi connectivity index (χ1n) is 8.66. The average Bonchev–Trinajstić information content (AvgIpc) is 2.89. The van der Waals surface area contributed by atoms with Gasteiger partial charge in [-0.3, -0.25) is 9.69 Å². The number of hydrogen-bond donors (Lipinski definition) is 0. The fraction of sp³-hybridized carbons (Fsp3) is 0.238. The highest BCUT2D eigenvalue weighted by atomic mass is 35.5. The number of rotatable bonds is 4. The van der Waals surface area contributed by atoms with Gasteiger partial charge in [0, 0.05) is 6.54 Å². The summed E-state index contributed by atoms with van der Waals surface area (Å²) in [6.07, 6.45) is 1.78. The number of aryl methyl sites for hydroxylation is 1. The highest BCUT2D eigenvalue weighted by Gasteiger charge is 2.33. The average molecular weight is 419 g/mol. The van der Waals surface area contributed by atoms with Gasteiger partial charge in [0.05, 0.1) is 20.6 Å². The number of thioether (sulfide) groups is 1. The molecule has 1 saturated heterocycles. The summed E-state index contributed by atoms with van der Waals surface area (Å²) < 4.78 is 0. The molecule has 2 aromatic rings. The summed E-state index contributed by atoms with van der Waals surface area (Å²) in [5, 5.41) is 1.59. The van der Waals surface area contributed by atoms with E-state index in [1.807, 2.05) is 43.3 Å². The Balaban J connectivity index is 1.98. The second kappa shape index (κ2) is 8.51. The van der Waals surface area contributed by atoms with Crippen molar-refractivity contribution in [3.63, 3.8) is 0 Å². The summed E-state index contributed by atoms with van der Waals surface area (Å²) >= 11 is 13.7. The molecular formula is C21H20Cl2N2OS. The van der Waals surface area contributed by atoms with Crippen LogP contribution in [0.5, 0.6) is 0 Å². The Hall–Kier alpha value is -1.75. The molecule has 1 amide bonds. The van der Waals surface area contributed by atoms with Gasteiger partial charge in [0.25, 0.3) is 5.91 Å². The first-order valence-corrected chi connectivity index (χ1v) is 10.2. The summed E-state index contributed by atoms with van der Waals surface area (Å²) in [7, 11) is 0. The van der Waals surface area contributed by atoms with Gasteiger partial charge in [-0.05, 0) is 54.4 Å². The zero-order valence-electron chi connectivity index (χ0n) is 15.4. The van der Waals surface area contributed by atoms with Crippen molar-refractivity contribution < 1.29 is 4.79 Å². The molecule has 1 aliphatic rings. The molecule has 3 rings (SSSR count). The zero-order valence-corrected chi connectivity index (χ0v) is 17.7. The largest absolute Gasteiger partial charge is 0.286 e. The van der Waals surface area contributed by atoms with Gasteiger partial charge in [-0.15, -0.1) is 0 Å². The molecule has 1 heterocycles. The molecule has 0 bridgehead atoms. The van der Waals surface area contributed by atoms with Gasteiger partial charge in [-0.2, -0.15) is 0 Å². The van der Waals surface area contributed by atoms with E-state index in [0.29, 0.717) is 32.6 Å². The van der Waals surface area contributed by atoms with Crippen LogP contribution in [0, 0.1) is 12.8 Å². The van der Waals surface area contributed by atoms with Crippen molar-refractivity contribution in [1.29, 1.82) is 0 Å². The molecule has 0 atom stereocenters. The first-order chi connectivity index (χ1) is 12.8. The molecule has 27 heavy (non-hydrogen) atoms. The van der Waals surface area contributed by atoms with Gasteiger partial charge in [0.15, 0.2) is 5.17 Å². The SMILES string of the molecule is Cc1ccc(N=C2S/C(=C/c3cccc(Cl)c3Cl)C(=O)N2CC(C)C)cc1. The molecule has 1 aliphatic heterocycles. The number of aliphatic imine (C=N–C) groups is 1. The number of amides is 1. The third-order valence-electron chi connectivity index (χ3n) is 3.96. The Labute approximate surface area is 174 Å². The molecule has 0 saturated carbocycles. The second-order valence-corrected chi connectivity index (χ2v) is 8.59. The minimum atomic E-state index is -0.0596. The Bertz CT molecular complexity index is 920. The van der Waals surface area contributed by atoms with E-state index in [2.05, 4.69) is 13.8 Å². The summed E-state index contributed by atoms with van der Waals surface area (Å²) in [5.41, 5.74) is 2.72. The molecular weight excluding hydrogens is 399 g/mol. The number of carbonyl (C=O) groups is 1. The Morgan fingerprint density at radius 3 is 2.52 bits per heavy atom. The maximum absolute atomic E-state index is 13.0. The molecule has 0 aliphatic carbocycles. The maximum Gasteiger partial charge on any atom is 0.266 e. The highest BCUT2D eigenvalue weighted by molar-refractivity contribution is 8.18. The number of benzene rings is 2. The van der Waals surface area contributed by atoms with Crippen LogP contribution in [-0.4, -0.2) is 22.5 Å². The topological polar surface area (TPSA) is 32.7 Å². The fourth-order valence-electron chi connectivity index (χ4n) is 2.62. The lowest BCUT2D eigenvalue weighted by atomic mass is 10.2. The lowest BCUT2D eigenvalue weighted by Crippen LogP contribution is -2.32. The smallest absolute Gasteiger partial charge is 0.266 e. The number of hydrogen-bond acceptors (Lipinski definition) is 3. The number of halogens is 2. The minimum absolute atomic E-state index is 0.0596. The quantitative estimate of drug-likeness (QED) is 0.526. The minimum Gasteiger partial charge on any atom is -0.286 e. The van der Waals surface area contributed by atoms with Crippen LogP contribution < -0.4 is 0 Å². The van der Waals surface area contributed by atoms with Crippen LogP contribution in [-0.2, 0) is 4.79 Å². The molecule has 0 aromatic heterocycles. The Kier molecular flexibility index (Phi) is 6.30. The van der Waals surface area contributed by atoms with Gasteiger partial charge in [-0.25, -0.2) is 4.99 Å². The van der Waals surface area contributed by atoms with Gasteiger partial charge < -0.3 is 0 Å². The van der Waals surface area contributed by atoms with Crippen LogP contribution in [0.4, 0.5) is 5.69 Å². The van der Waals surface area contributed by atoms with E-state index in [1.54, 1.807) is 17.0 Å².